The minimum Gasteiger partial charge on any atom is -0.480 e. The lowest BCUT2D eigenvalue weighted by Gasteiger charge is -2.34. The lowest BCUT2D eigenvalue weighted by molar-refractivity contribution is -0.140. The molecule has 1 heterocycles. The quantitative estimate of drug-likeness (QED) is 0.609. The number of carbonyl (C=O) groups is 3. The zero-order chi connectivity index (χ0) is 14.4. The Morgan fingerprint density at radius 2 is 1.53 bits per heavy atom. The van der Waals surface area contributed by atoms with Gasteiger partial charge in [0.05, 0.1) is 0 Å². The number of piperidine rings is 1. The van der Waals surface area contributed by atoms with Crippen LogP contribution in [0.2, 0.25) is 0 Å². The number of aliphatic hydroxyl groups is 1. The molecule has 108 valence electrons. The molecule has 1 saturated heterocycles. The number of carbonyl (C=O) groups excluding carboxylic acids is 1. The molecule has 1 fully saturated rings. The fourth-order valence-electron chi connectivity index (χ4n) is 2.02. The van der Waals surface area contributed by atoms with Crippen LogP contribution in [0.25, 0.3) is 0 Å². The van der Waals surface area contributed by atoms with Gasteiger partial charge in [-0.1, -0.05) is 0 Å². The number of carboxylic acid groups (broad SMARTS) is 2. The molecular formula is C11H18N2O6. The summed E-state index contributed by atoms with van der Waals surface area (Å²) in [5.41, 5.74) is 0. The largest absolute Gasteiger partial charge is 0.480 e. The average Bonchev–Trinajstić information content (AvgIpc) is 2.36. The van der Waals surface area contributed by atoms with E-state index in [1.54, 1.807) is 0 Å². The summed E-state index contributed by atoms with van der Waals surface area (Å²) in [4.78, 5) is 35.5. The second-order valence-electron chi connectivity index (χ2n) is 4.54. The van der Waals surface area contributed by atoms with Crippen molar-refractivity contribution >= 4 is 18.0 Å². The normalized spacial score (nSPS) is 16.2. The van der Waals surface area contributed by atoms with Crippen LogP contribution in [0.15, 0.2) is 0 Å². The number of rotatable bonds is 5. The summed E-state index contributed by atoms with van der Waals surface area (Å²) < 4.78 is 0. The summed E-state index contributed by atoms with van der Waals surface area (Å²) in [5.74, 6) is -2.35. The number of likely N-dealkylation sites (tertiary alicyclic amines) is 1. The highest BCUT2D eigenvalue weighted by Crippen LogP contribution is 2.17. The first-order valence-corrected chi connectivity index (χ1v) is 6.02. The van der Waals surface area contributed by atoms with Crippen LogP contribution < -0.4 is 0 Å². The third kappa shape index (κ3) is 4.74. The Kier molecular flexibility index (Phi) is 5.56. The summed E-state index contributed by atoms with van der Waals surface area (Å²) in [5, 5.41) is 26.4. The monoisotopic (exact) mass is 274 g/mol. The predicted molar refractivity (Wildman–Crippen MR) is 63.6 cm³/mol. The molecule has 8 nitrogen and oxygen atoms in total. The van der Waals surface area contributed by atoms with Crippen LogP contribution in [-0.2, 0) is 9.59 Å². The van der Waals surface area contributed by atoms with Gasteiger partial charge in [0.15, 0.2) is 0 Å². The fourth-order valence-corrected chi connectivity index (χ4v) is 2.02. The highest BCUT2D eigenvalue weighted by molar-refractivity contribution is 5.84. The number of nitrogens with zero attached hydrogens (tertiary/aromatic N) is 2. The van der Waals surface area contributed by atoms with Crippen LogP contribution in [0, 0.1) is 5.92 Å². The van der Waals surface area contributed by atoms with E-state index in [2.05, 4.69) is 0 Å². The van der Waals surface area contributed by atoms with Gasteiger partial charge in [0.1, 0.15) is 13.1 Å². The number of urea groups is 1. The second-order valence-corrected chi connectivity index (χ2v) is 4.54. The van der Waals surface area contributed by atoms with Crippen molar-refractivity contribution in [2.75, 3.05) is 32.8 Å². The van der Waals surface area contributed by atoms with Gasteiger partial charge in [-0.05, 0) is 18.8 Å². The summed E-state index contributed by atoms with van der Waals surface area (Å²) in [6.45, 7) is -0.397. The molecule has 8 heteroatoms. The molecule has 0 bridgehead atoms. The Hall–Kier alpha value is -1.83. The molecule has 2 amide bonds. The maximum Gasteiger partial charge on any atom is 0.323 e. The number of carboxylic acids is 2. The molecule has 0 atom stereocenters. The van der Waals surface area contributed by atoms with E-state index in [1.165, 1.54) is 4.90 Å². The van der Waals surface area contributed by atoms with Gasteiger partial charge >= 0.3 is 18.0 Å². The fraction of sp³-hybridized carbons (Fsp3) is 0.727. The van der Waals surface area contributed by atoms with Crippen LogP contribution in [0.4, 0.5) is 4.79 Å². The topological polar surface area (TPSA) is 118 Å². The summed E-state index contributed by atoms with van der Waals surface area (Å²) in [6.07, 6.45) is 1.27. The molecule has 1 aliphatic heterocycles. The first-order valence-electron chi connectivity index (χ1n) is 6.02. The number of hydrogen-bond acceptors (Lipinski definition) is 4. The SMILES string of the molecule is O=C(O)CN(CC(=O)O)C(=O)N1CCC(CO)CC1. The first-order chi connectivity index (χ1) is 8.93. The van der Waals surface area contributed by atoms with Gasteiger partial charge in [0.25, 0.3) is 0 Å². The van der Waals surface area contributed by atoms with Crippen molar-refractivity contribution in [3.8, 4) is 0 Å². The molecule has 0 aromatic carbocycles. The summed E-state index contributed by atoms with van der Waals surface area (Å²) in [7, 11) is 0. The van der Waals surface area contributed by atoms with Crippen molar-refractivity contribution in [1.29, 1.82) is 0 Å². The molecule has 0 unspecified atom stereocenters. The molecule has 1 aliphatic rings. The van der Waals surface area contributed by atoms with E-state index in [1.807, 2.05) is 0 Å². The Labute approximate surface area is 110 Å². The minimum absolute atomic E-state index is 0.0655. The second kappa shape index (κ2) is 6.93. The van der Waals surface area contributed by atoms with Crippen LogP contribution >= 0.6 is 0 Å². The van der Waals surface area contributed by atoms with Crippen molar-refractivity contribution in [3.05, 3.63) is 0 Å². The van der Waals surface area contributed by atoms with Crippen molar-refractivity contribution < 1.29 is 29.7 Å². The molecule has 1 rings (SSSR count). The zero-order valence-corrected chi connectivity index (χ0v) is 10.5. The number of amides is 2. The first kappa shape index (κ1) is 15.2. The Morgan fingerprint density at radius 1 is 1.05 bits per heavy atom. The van der Waals surface area contributed by atoms with Gasteiger partial charge in [0, 0.05) is 19.7 Å². The molecule has 0 saturated carbocycles. The van der Waals surface area contributed by atoms with Gasteiger partial charge in [0.2, 0.25) is 0 Å². The maximum absolute atomic E-state index is 12.0. The standard InChI is InChI=1S/C11H18N2O6/c14-7-8-1-3-12(4-2-8)11(19)13(5-9(15)16)6-10(17)18/h8,14H,1-7H2,(H,15,16)(H,17,18). The number of aliphatic hydroxyl groups excluding tert-OH is 1. The highest BCUT2D eigenvalue weighted by atomic mass is 16.4. The van der Waals surface area contributed by atoms with Gasteiger partial charge in [-0.3, -0.25) is 9.59 Å². The van der Waals surface area contributed by atoms with E-state index in [-0.39, 0.29) is 12.5 Å². The van der Waals surface area contributed by atoms with E-state index in [9.17, 15) is 14.4 Å². The number of aliphatic carboxylic acids is 2. The van der Waals surface area contributed by atoms with Crippen molar-refractivity contribution in [2.24, 2.45) is 5.92 Å². The van der Waals surface area contributed by atoms with Gasteiger partial charge in [-0.2, -0.15) is 0 Å². The van der Waals surface area contributed by atoms with Gasteiger partial charge in [-0.15, -0.1) is 0 Å². The van der Waals surface area contributed by atoms with Crippen molar-refractivity contribution in [1.82, 2.24) is 9.80 Å². The Morgan fingerprint density at radius 3 is 1.89 bits per heavy atom. The molecule has 0 aromatic heterocycles. The van der Waals surface area contributed by atoms with E-state index in [0.717, 1.165) is 4.90 Å². The van der Waals surface area contributed by atoms with Crippen LogP contribution in [0.1, 0.15) is 12.8 Å². The molecule has 0 radical (unpaired) electrons. The van der Waals surface area contributed by atoms with Crippen molar-refractivity contribution in [2.45, 2.75) is 12.8 Å². The zero-order valence-electron chi connectivity index (χ0n) is 10.5. The molecule has 0 aliphatic carbocycles. The van der Waals surface area contributed by atoms with Crippen molar-refractivity contribution in [3.63, 3.8) is 0 Å². The predicted octanol–water partition coefficient (Wildman–Crippen LogP) is -0.718. The van der Waals surface area contributed by atoms with E-state index in [0.29, 0.717) is 25.9 Å². The van der Waals surface area contributed by atoms with Gasteiger partial charge < -0.3 is 25.1 Å². The van der Waals surface area contributed by atoms with E-state index >= 15 is 0 Å². The van der Waals surface area contributed by atoms with Gasteiger partial charge in [-0.25, -0.2) is 4.79 Å². The molecule has 3 N–H and O–H groups in total. The summed E-state index contributed by atoms with van der Waals surface area (Å²) in [6, 6.07) is -0.582. The Bertz CT molecular complexity index is 335. The number of hydrogen-bond donors (Lipinski definition) is 3. The molecule has 0 aromatic rings. The molecule has 0 spiro atoms. The molecule has 19 heavy (non-hydrogen) atoms. The summed E-state index contributed by atoms with van der Waals surface area (Å²) >= 11 is 0. The molecular weight excluding hydrogens is 256 g/mol. The van der Waals surface area contributed by atoms with Crippen LogP contribution in [0.5, 0.6) is 0 Å². The van der Waals surface area contributed by atoms with E-state index < -0.39 is 31.1 Å². The highest BCUT2D eigenvalue weighted by Gasteiger charge is 2.28. The third-order valence-electron chi connectivity index (χ3n) is 3.07. The maximum atomic E-state index is 12.0. The Balaban J connectivity index is 2.60. The van der Waals surface area contributed by atoms with E-state index in [4.69, 9.17) is 15.3 Å². The third-order valence-corrected chi connectivity index (χ3v) is 3.07. The lowest BCUT2D eigenvalue weighted by Crippen LogP contribution is -2.50. The van der Waals surface area contributed by atoms with Crippen LogP contribution in [0.3, 0.4) is 0 Å². The minimum atomic E-state index is -1.25. The average molecular weight is 274 g/mol. The van der Waals surface area contributed by atoms with Crippen LogP contribution in [-0.4, -0.2) is 75.9 Å². The smallest absolute Gasteiger partial charge is 0.323 e. The lowest BCUT2D eigenvalue weighted by atomic mass is 9.98.